The first-order valence-electron chi connectivity index (χ1n) is 6.65. The molecule has 0 saturated carbocycles. The highest BCUT2D eigenvalue weighted by molar-refractivity contribution is 5.11. The SMILES string of the molecule is COC1CCN(C(c2ccccn2)C(C)N)CC1. The molecule has 18 heavy (non-hydrogen) atoms. The average Bonchev–Trinajstić information content (AvgIpc) is 2.40. The van der Waals surface area contributed by atoms with Gasteiger partial charge in [-0.25, -0.2) is 0 Å². The van der Waals surface area contributed by atoms with Crippen molar-refractivity contribution < 1.29 is 4.74 Å². The highest BCUT2D eigenvalue weighted by Gasteiger charge is 2.29. The van der Waals surface area contributed by atoms with Crippen molar-refractivity contribution in [3.63, 3.8) is 0 Å². The molecule has 0 bridgehead atoms. The smallest absolute Gasteiger partial charge is 0.0671 e. The van der Waals surface area contributed by atoms with Gasteiger partial charge in [-0.3, -0.25) is 9.88 Å². The number of ether oxygens (including phenoxy) is 1. The molecule has 1 aliphatic rings. The topological polar surface area (TPSA) is 51.4 Å². The van der Waals surface area contributed by atoms with E-state index in [1.165, 1.54) is 0 Å². The normalized spacial score (nSPS) is 21.7. The van der Waals surface area contributed by atoms with Crippen LogP contribution in [0.4, 0.5) is 0 Å². The summed E-state index contributed by atoms with van der Waals surface area (Å²) >= 11 is 0. The Labute approximate surface area is 109 Å². The number of aromatic nitrogens is 1. The number of methoxy groups -OCH3 is 1. The van der Waals surface area contributed by atoms with E-state index in [1.54, 1.807) is 7.11 Å². The van der Waals surface area contributed by atoms with Crippen molar-refractivity contribution >= 4 is 0 Å². The van der Waals surface area contributed by atoms with Gasteiger partial charge >= 0.3 is 0 Å². The lowest BCUT2D eigenvalue weighted by atomic mass is 9.99. The van der Waals surface area contributed by atoms with Crippen LogP contribution in [0.3, 0.4) is 0 Å². The maximum Gasteiger partial charge on any atom is 0.0671 e. The molecular formula is C14H23N3O. The maximum absolute atomic E-state index is 6.15. The van der Waals surface area contributed by atoms with Gasteiger partial charge < -0.3 is 10.5 Å². The van der Waals surface area contributed by atoms with E-state index in [1.807, 2.05) is 18.3 Å². The minimum Gasteiger partial charge on any atom is -0.381 e. The predicted octanol–water partition coefficient (Wildman–Crippen LogP) is 1.58. The quantitative estimate of drug-likeness (QED) is 0.880. The van der Waals surface area contributed by atoms with Crippen LogP contribution in [0.15, 0.2) is 24.4 Å². The average molecular weight is 249 g/mol. The van der Waals surface area contributed by atoms with Gasteiger partial charge in [0, 0.05) is 32.4 Å². The second kappa shape index (κ2) is 6.27. The molecular weight excluding hydrogens is 226 g/mol. The van der Waals surface area contributed by atoms with Crippen molar-refractivity contribution in [3.8, 4) is 0 Å². The number of rotatable bonds is 4. The van der Waals surface area contributed by atoms with E-state index in [-0.39, 0.29) is 12.1 Å². The molecule has 2 rings (SSSR count). The van der Waals surface area contributed by atoms with E-state index >= 15 is 0 Å². The van der Waals surface area contributed by atoms with Gasteiger partial charge in [-0.05, 0) is 31.9 Å². The number of nitrogens with two attached hydrogens (primary N) is 1. The lowest BCUT2D eigenvalue weighted by Gasteiger charge is -2.38. The van der Waals surface area contributed by atoms with Crippen molar-refractivity contribution in [2.45, 2.75) is 38.0 Å². The van der Waals surface area contributed by atoms with Crippen molar-refractivity contribution in [1.29, 1.82) is 0 Å². The molecule has 100 valence electrons. The molecule has 2 N–H and O–H groups in total. The molecule has 0 radical (unpaired) electrons. The van der Waals surface area contributed by atoms with Crippen LogP contribution in [0.5, 0.6) is 0 Å². The van der Waals surface area contributed by atoms with E-state index < -0.39 is 0 Å². The second-order valence-corrected chi connectivity index (χ2v) is 5.03. The summed E-state index contributed by atoms with van der Waals surface area (Å²) in [5.41, 5.74) is 7.23. The van der Waals surface area contributed by atoms with Crippen LogP contribution < -0.4 is 5.73 Å². The molecule has 2 unspecified atom stereocenters. The maximum atomic E-state index is 6.15. The molecule has 0 amide bonds. The number of hydrogen-bond donors (Lipinski definition) is 1. The Balaban J connectivity index is 2.08. The third-order valence-corrected chi connectivity index (χ3v) is 3.69. The van der Waals surface area contributed by atoms with Crippen LogP contribution in [-0.4, -0.2) is 42.2 Å². The zero-order valence-electron chi connectivity index (χ0n) is 11.2. The first kappa shape index (κ1) is 13.5. The van der Waals surface area contributed by atoms with E-state index in [9.17, 15) is 0 Å². The minimum atomic E-state index is 0.0824. The van der Waals surface area contributed by atoms with Gasteiger partial charge in [0.05, 0.1) is 17.8 Å². The van der Waals surface area contributed by atoms with Gasteiger partial charge in [0.1, 0.15) is 0 Å². The lowest BCUT2D eigenvalue weighted by molar-refractivity contribution is 0.0227. The van der Waals surface area contributed by atoms with E-state index in [4.69, 9.17) is 10.5 Å². The summed E-state index contributed by atoms with van der Waals surface area (Å²) in [6.45, 7) is 4.12. The van der Waals surface area contributed by atoms with Crippen LogP contribution in [0, 0.1) is 0 Å². The fraction of sp³-hybridized carbons (Fsp3) is 0.643. The van der Waals surface area contributed by atoms with Crippen LogP contribution in [0.1, 0.15) is 31.5 Å². The summed E-state index contributed by atoms with van der Waals surface area (Å²) in [6.07, 6.45) is 4.39. The molecule has 1 aromatic rings. The fourth-order valence-corrected chi connectivity index (χ4v) is 2.73. The number of nitrogens with zero attached hydrogens (tertiary/aromatic N) is 2. The van der Waals surface area contributed by atoms with Crippen molar-refractivity contribution in [1.82, 2.24) is 9.88 Å². The number of hydrogen-bond acceptors (Lipinski definition) is 4. The van der Waals surface area contributed by atoms with Gasteiger partial charge in [0.15, 0.2) is 0 Å². The first-order valence-corrected chi connectivity index (χ1v) is 6.65. The molecule has 0 aromatic carbocycles. The summed E-state index contributed by atoms with van der Waals surface area (Å²) in [6, 6.07) is 6.33. The number of pyridine rings is 1. The first-order chi connectivity index (χ1) is 8.72. The standard InChI is InChI=1S/C14H23N3O/c1-11(15)14(13-5-3-4-8-16-13)17-9-6-12(18-2)7-10-17/h3-5,8,11-12,14H,6-7,9-10,15H2,1-2H3. The number of likely N-dealkylation sites (tertiary alicyclic amines) is 1. The van der Waals surface area contributed by atoms with Gasteiger partial charge in [-0.1, -0.05) is 6.07 Å². The summed E-state index contributed by atoms with van der Waals surface area (Å²) in [7, 11) is 1.79. The molecule has 2 heterocycles. The van der Waals surface area contributed by atoms with Crippen LogP contribution in [0.2, 0.25) is 0 Å². The van der Waals surface area contributed by atoms with Crippen LogP contribution in [0.25, 0.3) is 0 Å². The summed E-state index contributed by atoms with van der Waals surface area (Å²) < 4.78 is 5.41. The lowest BCUT2D eigenvalue weighted by Crippen LogP contribution is -2.45. The molecule has 1 aliphatic heterocycles. The molecule has 0 spiro atoms. The summed E-state index contributed by atoms with van der Waals surface area (Å²) in [5.74, 6) is 0. The third kappa shape index (κ3) is 3.07. The zero-order chi connectivity index (χ0) is 13.0. The predicted molar refractivity (Wildman–Crippen MR) is 72.2 cm³/mol. The van der Waals surface area contributed by atoms with Crippen molar-refractivity contribution in [3.05, 3.63) is 30.1 Å². The van der Waals surface area contributed by atoms with Crippen molar-refractivity contribution in [2.24, 2.45) is 5.73 Å². The van der Waals surface area contributed by atoms with Crippen molar-refractivity contribution in [2.75, 3.05) is 20.2 Å². The van der Waals surface area contributed by atoms with Gasteiger partial charge in [0.25, 0.3) is 0 Å². The van der Waals surface area contributed by atoms with Gasteiger partial charge in [-0.15, -0.1) is 0 Å². The zero-order valence-corrected chi connectivity index (χ0v) is 11.2. The highest BCUT2D eigenvalue weighted by atomic mass is 16.5. The van der Waals surface area contributed by atoms with Crippen LogP contribution >= 0.6 is 0 Å². The molecule has 0 aliphatic carbocycles. The number of piperidine rings is 1. The summed E-state index contributed by atoms with van der Waals surface area (Å²) in [4.78, 5) is 6.89. The molecule has 1 saturated heterocycles. The van der Waals surface area contributed by atoms with E-state index in [2.05, 4.69) is 22.9 Å². The molecule has 4 heteroatoms. The third-order valence-electron chi connectivity index (χ3n) is 3.69. The van der Waals surface area contributed by atoms with E-state index in [0.29, 0.717) is 6.10 Å². The Morgan fingerprint density at radius 3 is 2.61 bits per heavy atom. The van der Waals surface area contributed by atoms with E-state index in [0.717, 1.165) is 31.6 Å². The molecule has 2 atom stereocenters. The Morgan fingerprint density at radius 2 is 2.11 bits per heavy atom. The molecule has 1 fully saturated rings. The fourth-order valence-electron chi connectivity index (χ4n) is 2.73. The second-order valence-electron chi connectivity index (χ2n) is 5.03. The van der Waals surface area contributed by atoms with Gasteiger partial charge in [-0.2, -0.15) is 0 Å². The minimum absolute atomic E-state index is 0.0824. The Bertz CT molecular complexity index is 347. The summed E-state index contributed by atoms with van der Waals surface area (Å²) in [5, 5.41) is 0. The van der Waals surface area contributed by atoms with Crippen LogP contribution in [-0.2, 0) is 4.74 Å². The Hall–Kier alpha value is -0.970. The molecule has 4 nitrogen and oxygen atoms in total. The molecule has 1 aromatic heterocycles. The Kier molecular flexibility index (Phi) is 4.69. The largest absolute Gasteiger partial charge is 0.381 e. The monoisotopic (exact) mass is 249 g/mol. The Morgan fingerprint density at radius 1 is 1.39 bits per heavy atom. The highest BCUT2D eigenvalue weighted by Crippen LogP contribution is 2.26. The van der Waals surface area contributed by atoms with Gasteiger partial charge in [0.2, 0.25) is 0 Å².